The van der Waals surface area contributed by atoms with Crippen molar-refractivity contribution in [3.8, 4) is 22.3 Å². The smallest absolute Gasteiger partial charge is 0.0721 e. The largest absolute Gasteiger partial charge is 0.338 e. The van der Waals surface area contributed by atoms with Crippen LogP contribution in [-0.2, 0) is 5.41 Å². The van der Waals surface area contributed by atoms with E-state index in [1.807, 2.05) is 0 Å². The lowest BCUT2D eigenvalue weighted by Gasteiger charge is -2.45. The summed E-state index contributed by atoms with van der Waals surface area (Å²) in [7, 11) is 0. The zero-order valence-corrected chi connectivity index (χ0v) is 25.3. The van der Waals surface area contributed by atoms with Crippen molar-refractivity contribution in [3.05, 3.63) is 168 Å². The molecule has 0 amide bonds. The molecule has 0 spiro atoms. The molecule has 2 nitrogen and oxygen atoms in total. The molecule has 2 heteroatoms. The molecule has 9 rings (SSSR count). The Balaban J connectivity index is 1.26. The molecule has 44 heavy (non-hydrogen) atoms. The number of hydrogen-bond donors (Lipinski definition) is 0. The van der Waals surface area contributed by atoms with Crippen LogP contribution in [0.4, 0.5) is 17.1 Å². The van der Waals surface area contributed by atoms with E-state index in [9.17, 15) is 0 Å². The fourth-order valence-corrected chi connectivity index (χ4v) is 8.42. The molecular weight excluding hydrogens is 532 g/mol. The first-order valence-corrected chi connectivity index (χ1v) is 15.7. The third kappa shape index (κ3) is 3.26. The van der Waals surface area contributed by atoms with Gasteiger partial charge in [0.15, 0.2) is 0 Å². The molecule has 2 aliphatic heterocycles. The van der Waals surface area contributed by atoms with Gasteiger partial charge in [0.1, 0.15) is 0 Å². The van der Waals surface area contributed by atoms with E-state index in [0.717, 1.165) is 0 Å². The Morgan fingerprint density at radius 3 is 2.02 bits per heavy atom. The van der Waals surface area contributed by atoms with Crippen molar-refractivity contribution in [1.82, 2.24) is 0 Å². The highest BCUT2D eigenvalue weighted by Crippen LogP contribution is 2.58. The first kappa shape index (κ1) is 25.4. The average molecular weight is 567 g/mol. The van der Waals surface area contributed by atoms with Gasteiger partial charge < -0.3 is 9.80 Å². The highest BCUT2D eigenvalue weighted by atomic mass is 15.2. The van der Waals surface area contributed by atoms with Crippen molar-refractivity contribution in [1.29, 1.82) is 0 Å². The van der Waals surface area contributed by atoms with E-state index < -0.39 is 0 Å². The maximum atomic E-state index is 2.55. The summed E-state index contributed by atoms with van der Waals surface area (Å²) in [4.78, 5) is 5.08. The van der Waals surface area contributed by atoms with Crippen LogP contribution < -0.4 is 9.80 Å². The summed E-state index contributed by atoms with van der Waals surface area (Å²) in [5.74, 6) is 0.129. The van der Waals surface area contributed by atoms with Crippen LogP contribution in [0, 0.1) is 5.92 Å². The van der Waals surface area contributed by atoms with E-state index >= 15 is 0 Å². The van der Waals surface area contributed by atoms with Crippen LogP contribution in [0.15, 0.2) is 151 Å². The number of allylic oxidation sites excluding steroid dienone is 2. The Morgan fingerprint density at radius 1 is 0.568 bits per heavy atom. The third-order valence-corrected chi connectivity index (χ3v) is 10.5. The zero-order valence-electron chi connectivity index (χ0n) is 25.3. The van der Waals surface area contributed by atoms with Gasteiger partial charge in [-0.2, -0.15) is 0 Å². The van der Waals surface area contributed by atoms with Gasteiger partial charge in [0.25, 0.3) is 0 Å². The lowest BCUT2D eigenvalue weighted by atomic mass is 9.75. The predicted octanol–water partition coefficient (Wildman–Crippen LogP) is 10.5. The summed E-state index contributed by atoms with van der Waals surface area (Å²) in [5, 5.41) is 0. The van der Waals surface area contributed by atoms with Crippen molar-refractivity contribution in [2.45, 2.75) is 31.7 Å². The van der Waals surface area contributed by atoms with Crippen LogP contribution in [0.25, 0.3) is 27.8 Å². The second-order valence-corrected chi connectivity index (χ2v) is 13.2. The van der Waals surface area contributed by atoms with Crippen LogP contribution in [0.5, 0.6) is 0 Å². The first-order chi connectivity index (χ1) is 21.5. The molecule has 0 aromatic heterocycles. The van der Waals surface area contributed by atoms with Crippen LogP contribution in [0.2, 0.25) is 0 Å². The number of fused-ring (bicyclic) bond motifs is 9. The van der Waals surface area contributed by atoms with Gasteiger partial charge in [-0.1, -0.05) is 129 Å². The fraction of sp³-hybridized carbons (Fsp3) is 0.143. The van der Waals surface area contributed by atoms with E-state index in [-0.39, 0.29) is 16.9 Å². The second-order valence-electron chi connectivity index (χ2n) is 13.2. The summed E-state index contributed by atoms with van der Waals surface area (Å²) in [6, 6.07) is 44.5. The van der Waals surface area contributed by atoms with E-state index in [1.54, 1.807) is 0 Å². The van der Waals surface area contributed by atoms with Crippen molar-refractivity contribution in [2.75, 3.05) is 9.80 Å². The number of anilines is 3. The van der Waals surface area contributed by atoms with Crippen LogP contribution in [0.1, 0.15) is 37.5 Å². The van der Waals surface area contributed by atoms with Crippen molar-refractivity contribution in [2.24, 2.45) is 5.92 Å². The lowest BCUT2D eigenvalue weighted by Crippen LogP contribution is -2.48. The summed E-state index contributed by atoms with van der Waals surface area (Å²) in [6.07, 6.45) is 9.65. The highest BCUT2D eigenvalue weighted by Gasteiger charge is 2.49. The molecule has 0 N–H and O–H groups in total. The summed E-state index contributed by atoms with van der Waals surface area (Å²) in [6.45, 7) is 7.18. The van der Waals surface area contributed by atoms with E-state index in [0.29, 0.717) is 0 Å². The third-order valence-electron chi connectivity index (χ3n) is 10.5. The Labute approximate surface area is 259 Å². The molecule has 2 heterocycles. The molecule has 212 valence electrons. The van der Waals surface area contributed by atoms with Crippen LogP contribution >= 0.6 is 0 Å². The minimum Gasteiger partial charge on any atom is -0.338 e. The number of para-hydroxylation sites is 2. The van der Waals surface area contributed by atoms with Crippen LogP contribution in [-0.4, -0.2) is 5.54 Å². The predicted molar refractivity (Wildman–Crippen MR) is 184 cm³/mol. The lowest BCUT2D eigenvalue weighted by molar-refractivity contribution is 0.484. The van der Waals surface area contributed by atoms with Gasteiger partial charge in [-0.05, 0) is 64.6 Å². The molecule has 5 aromatic rings. The van der Waals surface area contributed by atoms with Crippen molar-refractivity contribution in [3.63, 3.8) is 0 Å². The normalized spacial score (nSPS) is 21.7. The van der Waals surface area contributed by atoms with Gasteiger partial charge in [-0.25, -0.2) is 0 Å². The standard InChI is InChI=1S/C42H34N2/c1-41(2)35-21-11-9-18-31(35)33-20-13-23-38(39(33)41)43-27-25-36-40-34(24-26-42(36,43)3)30-17-8-7-16-29(30)32-19-10-12-22-37(32)44(40)28-14-5-4-6-15-28/h4-27,36H,1-3H3. The maximum absolute atomic E-state index is 2.55. The highest BCUT2D eigenvalue weighted by molar-refractivity contribution is 6.00. The molecule has 0 saturated carbocycles. The topological polar surface area (TPSA) is 6.48 Å². The minimum atomic E-state index is -0.292. The summed E-state index contributed by atoms with van der Waals surface area (Å²) < 4.78 is 0. The molecule has 2 atom stereocenters. The summed E-state index contributed by atoms with van der Waals surface area (Å²) >= 11 is 0. The van der Waals surface area contributed by atoms with Crippen LogP contribution in [0.3, 0.4) is 0 Å². The molecule has 0 radical (unpaired) electrons. The Bertz CT molecular complexity index is 2080. The summed E-state index contributed by atoms with van der Waals surface area (Å²) in [5.41, 5.74) is 15.3. The van der Waals surface area contributed by atoms with E-state index in [4.69, 9.17) is 0 Å². The molecular formula is C42H34N2. The van der Waals surface area contributed by atoms with Crippen molar-refractivity contribution < 1.29 is 0 Å². The minimum absolute atomic E-state index is 0.0934. The Kier molecular flexibility index (Phi) is 5.18. The number of rotatable bonds is 2. The molecule has 2 aliphatic carbocycles. The monoisotopic (exact) mass is 566 g/mol. The number of nitrogens with zero attached hydrogens (tertiary/aromatic N) is 2. The van der Waals surface area contributed by atoms with Gasteiger partial charge in [0, 0.05) is 45.7 Å². The molecule has 4 aliphatic rings. The average Bonchev–Trinajstić information content (AvgIpc) is 3.49. The molecule has 5 aromatic carbocycles. The SMILES string of the molecule is CC1(C)c2ccccc2-c2cccc(N3C=CC4C5=C(C=CC43C)c3ccccc3-c3ccccc3N5c3ccccc3)c21. The van der Waals surface area contributed by atoms with Gasteiger partial charge in [-0.15, -0.1) is 0 Å². The molecule has 0 fully saturated rings. The Hall–Kier alpha value is -5.08. The van der Waals surface area contributed by atoms with Gasteiger partial charge >= 0.3 is 0 Å². The van der Waals surface area contributed by atoms with Crippen molar-refractivity contribution >= 4 is 22.6 Å². The van der Waals surface area contributed by atoms with E-state index in [1.165, 1.54) is 67.3 Å². The molecule has 2 unspecified atom stereocenters. The number of hydrogen-bond acceptors (Lipinski definition) is 2. The van der Waals surface area contributed by atoms with Gasteiger partial charge in [0.2, 0.25) is 0 Å². The first-order valence-electron chi connectivity index (χ1n) is 15.7. The quantitative estimate of drug-likeness (QED) is 0.210. The zero-order chi connectivity index (χ0) is 29.6. The molecule has 0 bridgehead atoms. The number of benzene rings is 5. The van der Waals surface area contributed by atoms with Gasteiger partial charge in [0.05, 0.1) is 11.2 Å². The Morgan fingerprint density at radius 2 is 1.20 bits per heavy atom. The maximum Gasteiger partial charge on any atom is 0.0721 e. The fourth-order valence-electron chi connectivity index (χ4n) is 8.42. The van der Waals surface area contributed by atoms with E-state index in [2.05, 4.69) is 176 Å². The van der Waals surface area contributed by atoms with Gasteiger partial charge in [-0.3, -0.25) is 0 Å². The second kappa shape index (κ2) is 8.97. The molecule has 0 saturated heterocycles.